The van der Waals surface area contributed by atoms with E-state index in [1.54, 1.807) is 23.2 Å². The Morgan fingerprint density at radius 1 is 1.12 bits per heavy atom. The standard InChI is InChI=1S/C17H18BrN3O3S/c18-15-12-16(19-13-15)17(22)20-7-9-21(10-8-20)25(23,24)11-6-14-4-2-1-3-5-14/h1-6,11-13,19H,7-10H2/b11-6+. The quantitative estimate of drug-likeness (QED) is 0.820. The van der Waals surface area contributed by atoms with Crippen LogP contribution in [0.2, 0.25) is 0 Å². The van der Waals surface area contributed by atoms with Crippen LogP contribution in [0, 0.1) is 0 Å². The van der Waals surface area contributed by atoms with Gasteiger partial charge in [-0.2, -0.15) is 4.31 Å². The molecule has 1 aliphatic rings. The molecule has 1 fully saturated rings. The first-order valence-electron chi connectivity index (χ1n) is 7.82. The van der Waals surface area contributed by atoms with Crippen LogP contribution in [-0.4, -0.2) is 54.7 Å². The molecule has 1 aromatic heterocycles. The third-order valence-corrected chi connectivity index (χ3v) is 6.02. The topological polar surface area (TPSA) is 73.5 Å². The zero-order chi connectivity index (χ0) is 17.9. The number of nitrogens with zero attached hydrogens (tertiary/aromatic N) is 2. The van der Waals surface area contributed by atoms with Crippen molar-refractivity contribution >= 4 is 37.9 Å². The van der Waals surface area contributed by atoms with Crippen molar-refractivity contribution in [3.63, 3.8) is 0 Å². The van der Waals surface area contributed by atoms with E-state index in [2.05, 4.69) is 20.9 Å². The van der Waals surface area contributed by atoms with Crippen LogP contribution in [0.25, 0.3) is 6.08 Å². The zero-order valence-corrected chi connectivity index (χ0v) is 15.8. The van der Waals surface area contributed by atoms with E-state index in [0.717, 1.165) is 10.0 Å². The predicted octanol–water partition coefficient (Wildman–Crippen LogP) is 2.54. The third kappa shape index (κ3) is 4.39. The Bertz CT molecular complexity index is 870. The van der Waals surface area contributed by atoms with Crippen molar-refractivity contribution in [1.82, 2.24) is 14.2 Å². The number of sulfonamides is 1. The van der Waals surface area contributed by atoms with Gasteiger partial charge in [0.15, 0.2) is 0 Å². The number of carbonyl (C=O) groups excluding carboxylic acids is 1. The number of H-pyrrole nitrogens is 1. The van der Waals surface area contributed by atoms with Crippen molar-refractivity contribution in [2.75, 3.05) is 26.2 Å². The van der Waals surface area contributed by atoms with Crippen LogP contribution in [0.3, 0.4) is 0 Å². The molecule has 0 atom stereocenters. The molecular formula is C17H18BrN3O3S. The van der Waals surface area contributed by atoms with E-state index in [9.17, 15) is 13.2 Å². The minimum atomic E-state index is -3.49. The van der Waals surface area contributed by atoms with Crippen molar-refractivity contribution in [2.45, 2.75) is 0 Å². The van der Waals surface area contributed by atoms with Crippen LogP contribution in [0.5, 0.6) is 0 Å². The summed E-state index contributed by atoms with van der Waals surface area (Å²) in [7, 11) is -3.49. The van der Waals surface area contributed by atoms with Crippen LogP contribution < -0.4 is 0 Å². The van der Waals surface area contributed by atoms with Crippen molar-refractivity contribution in [2.24, 2.45) is 0 Å². The monoisotopic (exact) mass is 423 g/mol. The average molecular weight is 424 g/mol. The summed E-state index contributed by atoms with van der Waals surface area (Å²) in [6.07, 6.45) is 3.28. The predicted molar refractivity (Wildman–Crippen MR) is 100 cm³/mol. The van der Waals surface area contributed by atoms with Crippen molar-refractivity contribution < 1.29 is 13.2 Å². The number of halogens is 1. The summed E-state index contributed by atoms with van der Waals surface area (Å²) < 4.78 is 27.1. The fraction of sp³-hybridized carbons (Fsp3) is 0.235. The lowest BCUT2D eigenvalue weighted by Gasteiger charge is -2.33. The van der Waals surface area contributed by atoms with Crippen LogP contribution in [0.1, 0.15) is 16.1 Å². The first-order chi connectivity index (χ1) is 12.0. The largest absolute Gasteiger partial charge is 0.356 e. The number of nitrogens with one attached hydrogen (secondary N) is 1. The Kier molecular flexibility index (Phi) is 5.41. The van der Waals surface area contributed by atoms with Gasteiger partial charge < -0.3 is 9.88 Å². The number of aromatic nitrogens is 1. The smallest absolute Gasteiger partial charge is 0.270 e. The zero-order valence-electron chi connectivity index (χ0n) is 13.4. The van der Waals surface area contributed by atoms with Crippen molar-refractivity contribution in [3.8, 4) is 0 Å². The highest BCUT2D eigenvalue weighted by Crippen LogP contribution is 2.16. The molecule has 1 saturated heterocycles. The molecule has 132 valence electrons. The first kappa shape index (κ1) is 17.9. The van der Waals surface area contributed by atoms with Gasteiger partial charge in [0.05, 0.1) is 0 Å². The maximum atomic E-state index is 12.4. The molecule has 1 amide bonds. The van der Waals surface area contributed by atoms with E-state index >= 15 is 0 Å². The molecule has 2 aromatic rings. The lowest BCUT2D eigenvalue weighted by molar-refractivity contribution is 0.0693. The van der Waals surface area contributed by atoms with Gasteiger partial charge in [0.25, 0.3) is 5.91 Å². The number of carbonyl (C=O) groups is 1. The molecule has 3 rings (SSSR count). The van der Waals surface area contributed by atoms with Crippen LogP contribution in [-0.2, 0) is 10.0 Å². The molecule has 0 bridgehead atoms. The number of piperazine rings is 1. The van der Waals surface area contributed by atoms with E-state index < -0.39 is 10.0 Å². The molecule has 25 heavy (non-hydrogen) atoms. The molecule has 0 unspecified atom stereocenters. The van der Waals surface area contributed by atoms with Crippen molar-refractivity contribution in [3.05, 3.63) is 63.7 Å². The lowest BCUT2D eigenvalue weighted by Crippen LogP contribution is -2.50. The third-order valence-electron chi connectivity index (χ3n) is 4.00. The van der Waals surface area contributed by atoms with Gasteiger partial charge >= 0.3 is 0 Å². The van der Waals surface area contributed by atoms with Gasteiger partial charge in [0, 0.05) is 42.3 Å². The van der Waals surface area contributed by atoms with Crippen LogP contribution in [0.15, 0.2) is 52.5 Å². The number of aromatic amines is 1. The Morgan fingerprint density at radius 3 is 2.40 bits per heavy atom. The van der Waals surface area contributed by atoms with Gasteiger partial charge in [0.2, 0.25) is 10.0 Å². The summed E-state index contributed by atoms with van der Waals surface area (Å²) in [6.45, 7) is 1.31. The Hall–Kier alpha value is -1.90. The highest BCUT2D eigenvalue weighted by molar-refractivity contribution is 9.10. The highest BCUT2D eigenvalue weighted by Gasteiger charge is 2.28. The summed E-state index contributed by atoms with van der Waals surface area (Å²) in [5.74, 6) is -0.123. The Labute approximate surface area is 155 Å². The van der Waals surface area contributed by atoms with E-state index in [1.807, 2.05) is 30.3 Å². The Morgan fingerprint density at radius 2 is 1.80 bits per heavy atom. The average Bonchev–Trinajstić information content (AvgIpc) is 3.07. The molecule has 0 saturated carbocycles. The van der Waals surface area contributed by atoms with Crippen LogP contribution in [0.4, 0.5) is 0 Å². The lowest BCUT2D eigenvalue weighted by atomic mass is 10.2. The molecule has 0 aliphatic carbocycles. The molecule has 0 radical (unpaired) electrons. The van der Waals surface area contributed by atoms with Crippen molar-refractivity contribution in [1.29, 1.82) is 0 Å². The maximum absolute atomic E-state index is 12.4. The fourth-order valence-electron chi connectivity index (χ4n) is 2.62. The second-order valence-corrected chi connectivity index (χ2v) is 8.42. The van der Waals surface area contributed by atoms with Gasteiger partial charge in [-0.15, -0.1) is 0 Å². The van der Waals surface area contributed by atoms with E-state index in [-0.39, 0.29) is 19.0 Å². The van der Waals surface area contributed by atoms with E-state index in [0.29, 0.717) is 18.8 Å². The minimum absolute atomic E-state index is 0.123. The van der Waals surface area contributed by atoms with Gasteiger partial charge in [0.1, 0.15) is 5.69 Å². The SMILES string of the molecule is O=C(c1cc(Br)c[nH]1)N1CCN(S(=O)(=O)/C=C/c2ccccc2)CC1. The van der Waals surface area contributed by atoms with Gasteiger partial charge in [-0.05, 0) is 33.6 Å². The number of amides is 1. The normalized spacial score (nSPS) is 16.4. The van der Waals surface area contributed by atoms with Crippen LogP contribution >= 0.6 is 15.9 Å². The fourth-order valence-corrected chi connectivity index (χ4v) is 4.14. The van der Waals surface area contributed by atoms with Gasteiger partial charge in [-0.1, -0.05) is 30.3 Å². The molecule has 0 spiro atoms. The summed E-state index contributed by atoms with van der Waals surface area (Å²) in [5, 5.41) is 1.22. The number of hydrogen-bond acceptors (Lipinski definition) is 3. The molecule has 1 N–H and O–H groups in total. The molecular weight excluding hydrogens is 406 g/mol. The summed E-state index contributed by atoms with van der Waals surface area (Å²) in [4.78, 5) is 16.9. The first-order valence-corrected chi connectivity index (χ1v) is 10.1. The number of rotatable bonds is 4. The summed E-state index contributed by atoms with van der Waals surface area (Å²) in [5.41, 5.74) is 1.32. The number of benzene rings is 1. The molecule has 6 nitrogen and oxygen atoms in total. The highest BCUT2D eigenvalue weighted by atomic mass is 79.9. The number of hydrogen-bond donors (Lipinski definition) is 1. The maximum Gasteiger partial charge on any atom is 0.270 e. The van der Waals surface area contributed by atoms with E-state index in [4.69, 9.17) is 0 Å². The minimum Gasteiger partial charge on any atom is -0.356 e. The Balaban J connectivity index is 1.61. The van der Waals surface area contributed by atoms with Gasteiger partial charge in [-0.25, -0.2) is 8.42 Å². The second-order valence-electron chi connectivity index (χ2n) is 5.68. The molecule has 1 aliphatic heterocycles. The van der Waals surface area contributed by atoms with E-state index in [1.165, 1.54) is 9.71 Å². The molecule has 2 heterocycles. The summed E-state index contributed by atoms with van der Waals surface area (Å²) >= 11 is 3.30. The summed E-state index contributed by atoms with van der Waals surface area (Å²) in [6, 6.07) is 11.0. The molecule has 8 heteroatoms. The van der Waals surface area contributed by atoms with Gasteiger partial charge in [-0.3, -0.25) is 4.79 Å². The second kappa shape index (κ2) is 7.55. The molecule has 1 aromatic carbocycles.